The van der Waals surface area contributed by atoms with E-state index in [1.54, 1.807) is 18.2 Å². The molecule has 1 rings (SSSR count). The first-order valence-corrected chi connectivity index (χ1v) is 6.70. The second-order valence-electron chi connectivity index (χ2n) is 4.13. The molecule has 0 aliphatic heterocycles. The summed E-state index contributed by atoms with van der Waals surface area (Å²) in [6, 6.07) is 4.15. The van der Waals surface area contributed by atoms with Crippen LogP contribution in [-0.2, 0) is 0 Å². The van der Waals surface area contributed by atoms with Gasteiger partial charge in [-0.05, 0) is 24.6 Å². The van der Waals surface area contributed by atoms with Crippen molar-refractivity contribution in [3.63, 3.8) is 0 Å². The Bertz CT molecular complexity index is 508. The number of amides is 2. The van der Waals surface area contributed by atoms with E-state index < -0.39 is 6.03 Å². The molecular formula is C12H16Cl2N4O2. The molecule has 1 aromatic carbocycles. The zero-order valence-corrected chi connectivity index (χ0v) is 12.4. The Morgan fingerprint density at radius 1 is 1.45 bits per heavy atom. The fraction of sp³-hybridized carbons (Fsp3) is 0.333. The third-order valence-corrected chi connectivity index (χ3v) is 3.33. The van der Waals surface area contributed by atoms with E-state index in [1.165, 1.54) is 0 Å². The second kappa shape index (κ2) is 7.81. The number of nitrogens with one attached hydrogen (secondary N) is 2. The third kappa shape index (κ3) is 5.14. The van der Waals surface area contributed by atoms with Crippen molar-refractivity contribution in [1.82, 2.24) is 5.32 Å². The molecule has 8 heteroatoms. The molecule has 6 nitrogen and oxygen atoms in total. The fourth-order valence-electron chi connectivity index (χ4n) is 1.52. The highest BCUT2D eigenvalue weighted by atomic mass is 35.5. The van der Waals surface area contributed by atoms with Crippen LogP contribution in [0.2, 0.25) is 10.0 Å². The van der Waals surface area contributed by atoms with Crippen LogP contribution < -0.4 is 16.4 Å². The van der Waals surface area contributed by atoms with E-state index in [2.05, 4.69) is 15.8 Å². The van der Waals surface area contributed by atoms with E-state index >= 15 is 0 Å². The Hall–Kier alpha value is -1.66. The van der Waals surface area contributed by atoms with Crippen LogP contribution in [0.1, 0.15) is 19.8 Å². The molecule has 1 atom stereocenters. The van der Waals surface area contributed by atoms with Gasteiger partial charge in [0.1, 0.15) is 5.84 Å². The van der Waals surface area contributed by atoms with E-state index in [-0.39, 0.29) is 18.3 Å². The summed E-state index contributed by atoms with van der Waals surface area (Å²) in [5, 5.41) is 17.5. The summed E-state index contributed by atoms with van der Waals surface area (Å²) in [6.45, 7) is 1.88. The van der Waals surface area contributed by atoms with Crippen LogP contribution in [0.5, 0.6) is 0 Å². The largest absolute Gasteiger partial charge is 0.409 e. The van der Waals surface area contributed by atoms with Crippen molar-refractivity contribution >= 4 is 40.8 Å². The van der Waals surface area contributed by atoms with Crippen molar-refractivity contribution in [2.24, 2.45) is 10.9 Å². The zero-order chi connectivity index (χ0) is 15.1. The van der Waals surface area contributed by atoms with E-state index in [9.17, 15) is 4.79 Å². The summed E-state index contributed by atoms with van der Waals surface area (Å²) in [5.41, 5.74) is 5.93. The van der Waals surface area contributed by atoms with Gasteiger partial charge in [0, 0.05) is 18.2 Å². The fourth-order valence-corrected chi connectivity index (χ4v) is 1.82. The number of carbonyl (C=O) groups excluding carboxylic acids is 1. The quantitative estimate of drug-likeness (QED) is 0.290. The minimum Gasteiger partial charge on any atom is -0.409 e. The normalized spacial score (nSPS) is 12.8. The van der Waals surface area contributed by atoms with Crippen LogP contribution in [0.4, 0.5) is 10.5 Å². The van der Waals surface area contributed by atoms with Crippen LogP contribution in [0, 0.1) is 0 Å². The van der Waals surface area contributed by atoms with Gasteiger partial charge >= 0.3 is 6.03 Å². The minimum absolute atomic E-state index is 0.0617. The number of nitrogens with zero attached hydrogens (tertiary/aromatic N) is 1. The van der Waals surface area contributed by atoms with Gasteiger partial charge in [0.2, 0.25) is 0 Å². The molecule has 0 saturated heterocycles. The van der Waals surface area contributed by atoms with Crippen LogP contribution >= 0.6 is 23.2 Å². The predicted molar refractivity (Wildman–Crippen MR) is 80.7 cm³/mol. The molecule has 1 aromatic rings. The summed E-state index contributed by atoms with van der Waals surface area (Å²) in [5.74, 6) is 0.0617. The average Bonchev–Trinajstić information content (AvgIpc) is 2.41. The highest BCUT2D eigenvalue weighted by molar-refractivity contribution is 6.42. The standard InChI is InChI=1S/C12H16Cl2N4O2/c1-2-7(6-11(15)18-20)16-12(19)17-8-3-4-9(13)10(14)5-8/h3-5,7,20H,2,6H2,1H3,(H2,15,18)(H2,16,17,19). The number of anilines is 1. The monoisotopic (exact) mass is 318 g/mol. The first-order valence-electron chi connectivity index (χ1n) is 5.95. The smallest absolute Gasteiger partial charge is 0.319 e. The topological polar surface area (TPSA) is 99.7 Å². The Balaban J connectivity index is 2.59. The van der Waals surface area contributed by atoms with Crippen molar-refractivity contribution in [3.8, 4) is 0 Å². The third-order valence-electron chi connectivity index (χ3n) is 2.59. The van der Waals surface area contributed by atoms with Gasteiger partial charge in [-0.25, -0.2) is 4.79 Å². The molecule has 110 valence electrons. The number of oxime groups is 1. The minimum atomic E-state index is -0.402. The first kappa shape index (κ1) is 16.4. The molecule has 0 spiro atoms. The molecule has 0 aliphatic rings. The number of halogens is 2. The Morgan fingerprint density at radius 3 is 2.70 bits per heavy atom. The summed E-state index contributed by atoms with van der Waals surface area (Å²) >= 11 is 11.6. The number of hydrogen-bond donors (Lipinski definition) is 4. The van der Waals surface area contributed by atoms with Crippen molar-refractivity contribution in [3.05, 3.63) is 28.2 Å². The molecule has 5 N–H and O–H groups in total. The van der Waals surface area contributed by atoms with Gasteiger partial charge in [-0.3, -0.25) is 0 Å². The van der Waals surface area contributed by atoms with Crippen LogP contribution in [-0.4, -0.2) is 23.1 Å². The zero-order valence-electron chi connectivity index (χ0n) is 10.9. The van der Waals surface area contributed by atoms with Crippen LogP contribution in [0.25, 0.3) is 0 Å². The van der Waals surface area contributed by atoms with Gasteiger partial charge in [-0.1, -0.05) is 35.3 Å². The van der Waals surface area contributed by atoms with Crippen molar-refractivity contribution in [1.29, 1.82) is 0 Å². The number of urea groups is 1. The lowest BCUT2D eigenvalue weighted by molar-refractivity contribution is 0.248. The van der Waals surface area contributed by atoms with Crippen molar-refractivity contribution in [2.75, 3.05) is 5.32 Å². The van der Waals surface area contributed by atoms with Crippen LogP contribution in [0.15, 0.2) is 23.4 Å². The summed E-state index contributed by atoms with van der Waals surface area (Å²) in [4.78, 5) is 11.8. The first-order chi connectivity index (χ1) is 9.46. The van der Waals surface area contributed by atoms with E-state index in [0.717, 1.165) is 0 Å². The molecular weight excluding hydrogens is 303 g/mol. The van der Waals surface area contributed by atoms with Gasteiger partial charge in [0.15, 0.2) is 0 Å². The molecule has 0 radical (unpaired) electrons. The molecule has 0 fully saturated rings. The SMILES string of the molecule is CCC(CC(N)=NO)NC(=O)Nc1ccc(Cl)c(Cl)c1. The summed E-state index contributed by atoms with van der Waals surface area (Å²) < 4.78 is 0. The van der Waals surface area contributed by atoms with Gasteiger partial charge < -0.3 is 21.6 Å². The Morgan fingerprint density at radius 2 is 2.15 bits per heavy atom. The van der Waals surface area contributed by atoms with Crippen molar-refractivity contribution in [2.45, 2.75) is 25.8 Å². The number of nitrogens with two attached hydrogens (primary N) is 1. The number of benzene rings is 1. The average molecular weight is 319 g/mol. The number of hydrogen-bond acceptors (Lipinski definition) is 3. The molecule has 20 heavy (non-hydrogen) atoms. The van der Waals surface area contributed by atoms with Crippen molar-refractivity contribution < 1.29 is 10.0 Å². The maximum atomic E-state index is 11.8. The molecule has 2 amide bonds. The highest BCUT2D eigenvalue weighted by Crippen LogP contribution is 2.24. The molecule has 0 saturated carbocycles. The Kier molecular flexibility index (Phi) is 6.41. The summed E-state index contributed by atoms with van der Waals surface area (Å²) in [7, 11) is 0. The molecule has 0 bridgehead atoms. The number of carbonyl (C=O) groups is 1. The number of rotatable bonds is 5. The molecule has 1 unspecified atom stereocenters. The molecule has 0 aromatic heterocycles. The highest BCUT2D eigenvalue weighted by Gasteiger charge is 2.12. The van der Waals surface area contributed by atoms with Crippen LogP contribution in [0.3, 0.4) is 0 Å². The summed E-state index contributed by atoms with van der Waals surface area (Å²) in [6.07, 6.45) is 0.910. The lowest BCUT2D eigenvalue weighted by Gasteiger charge is -2.16. The maximum absolute atomic E-state index is 11.8. The van der Waals surface area contributed by atoms with E-state index in [0.29, 0.717) is 22.2 Å². The Labute approximate surface area is 126 Å². The predicted octanol–water partition coefficient (Wildman–Crippen LogP) is 3.03. The van der Waals surface area contributed by atoms with Gasteiger partial charge in [-0.2, -0.15) is 0 Å². The molecule has 0 aliphatic carbocycles. The van der Waals surface area contributed by atoms with Gasteiger partial charge in [-0.15, -0.1) is 0 Å². The second-order valence-corrected chi connectivity index (χ2v) is 4.94. The lowest BCUT2D eigenvalue weighted by atomic mass is 10.1. The van der Waals surface area contributed by atoms with E-state index in [1.807, 2.05) is 6.92 Å². The lowest BCUT2D eigenvalue weighted by Crippen LogP contribution is -2.40. The number of amidine groups is 1. The van der Waals surface area contributed by atoms with E-state index in [4.69, 9.17) is 34.1 Å². The van der Waals surface area contributed by atoms with Gasteiger partial charge in [0.25, 0.3) is 0 Å². The van der Waals surface area contributed by atoms with Gasteiger partial charge in [0.05, 0.1) is 10.0 Å². The molecule has 0 heterocycles. The maximum Gasteiger partial charge on any atom is 0.319 e.